The van der Waals surface area contributed by atoms with E-state index in [1.54, 1.807) is 22.7 Å². The van der Waals surface area contributed by atoms with Gasteiger partial charge in [-0.2, -0.15) is 4.98 Å². The Labute approximate surface area is 153 Å². The molecule has 0 spiro atoms. The summed E-state index contributed by atoms with van der Waals surface area (Å²) >= 11 is 1.44. The number of carbonyl (C=O) groups excluding carboxylic acids is 1. The van der Waals surface area contributed by atoms with Crippen LogP contribution in [0.3, 0.4) is 0 Å². The monoisotopic (exact) mass is 372 g/mol. The van der Waals surface area contributed by atoms with Gasteiger partial charge in [0.2, 0.25) is 11.9 Å². The molecule has 0 atom stereocenters. The lowest BCUT2D eigenvalue weighted by atomic mass is 10.1. The summed E-state index contributed by atoms with van der Waals surface area (Å²) in [5.41, 5.74) is 2.33. The number of benzene rings is 1. The molecular formula is C17H16N4O4S. The zero-order valence-corrected chi connectivity index (χ0v) is 15.3. The number of esters is 1. The smallest absolute Gasteiger partial charge is 0.315 e. The van der Waals surface area contributed by atoms with Crippen molar-refractivity contribution in [2.75, 3.05) is 13.0 Å². The lowest BCUT2D eigenvalue weighted by Crippen LogP contribution is -2.15. The molecule has 0 radical (unpaired) electrons. The summed E-state index contributed by atoms with van der Waals surface area (Å²) in [4.78, 5) is 21.2. The zero-order chi connectivity index (χ0) is 18.3. The van der Waals surface area contributed by atoms with Gasteiger partial charge in [0.15, 0.2) is 11.5 Å². The molecule has 3 heterocycles. The Morgan fingerprint density at radius 1 is 1.27 bits per heavy atom. The highest BCUT2D eigenvalue weighted by Gasteiger charge is 2.19. The van der Waals surface area contributed by atoms with E-state index >= 15 is 0 Å². The number of ether oxygens (including phenoxy) is 3. The number of fused-ring (bicyclic) bond motifs is 2. The summed E-state index contributed by atoms with van der Waals surface area (Å²) in [6.07, 6.45) is 1.99. The minimum Gasteiger partial charge on any atom is -0.454 e. The van der Waals surface area contributed by atoms with Gasteiger partial charge >= 0.3 is 5.97 Å². The Kier molecular flexibility index (Phi) is 4.15. The number of thioether (sulfide) groups is 1. The first kappa shape index (κ1) is 16.6. The second-order valence-electron chi connectivity index (χ2n) is 5.74. The van der Waals surface area contributed by atoms with Crippen molar-refractivity contribution in [1.29, 1.82) is 0 Å². The van der Waals surface area contributed by atoms with Crippen molar-refractivity contribution in [3.63, 3.8) is 0 Å². The predicted octanol–water partition coefficient (Wildman–Crippen LogP) is 2.34. The second-order valence-corrected chi connectivity index (χ2v) is 6.51. The minimum atomic E-state index is -0.388. The van der Waals surface area contributed by atoms with Crippen LogP contribution in [-0.2, 0) is 11.2 Å². The van der Waals surface area contributed by atoms with Gasteiger partial charge in [-0.05, 0) is 32.2 Å². The summed E-state index contributed by atoms with van der Waals surface area (Å²) in [5.74, 6) is 1.76. The van der Waals surface area contributed by atoms with Crippen molar-refractivity contribution < 1.29 is 19.0 Å². The molecule has 2 aromatic heterocycles. The van der Waals surface area contributed by atoms with E-state index in [0.29, 0.717) is 28.2 Å². The average Bonchev–Trinajstić information content (AvgIpc) is 3.24. The van der Waals surface area contributed by atoms with Gasteiger partial charge in [0.05, 0.1) is 6.42 Å². The van der Waals surface area contributed by atoms with Crippen LogP contribution in [0.5, 0.6) is 17.2 Å². The molecule has 8 nitrogen and oxygen atoms in total. The summed E-state index contributed by atoms with van der Waals surface area (Å²) in [7, 11) is 0. The average molecular weight is 372 g/mol. The van der Waals surface area contributed by atoms with Gasteiger partial charge in [-0.15, -0.1) is 5.10 Å². The standard InChI is InChI=1S/C17H16N4O4S/c1-9-12(10(2)21-16(18-9)19-17(20-21)26-3)7-15(22)25-11-4-5-13-14(6-11)24-8-23-13/h4-6H,7-8H2,1-3H3. The van der Waals surface area contributed by atoms with E-state index in [0.717, 1.165) is 17.0 Å². The van der Waals surface area contributed by atoms with Crippen molar-refractivity contribution in [3.8, 4) is 17.2 Å². The minimum absolute atomic E-state index is 0.0868. The number of hydrogen-bond donors (Lipinski definition) is 0. The molecule has 1 aliphatic rings. The Morgan fingerprint density at radius 3 is 2.88 bits per heavy atom. The molecule has 0 aliphatic carbocycles. The predicted molar refractivity (Wildman–Crippen MR) is 93.9 cm³/mol. The first-order valence-corrected chi connectivity index (χ1v) is 9.15. The van der Waals surface area contributed by atoms with Crippen molar-refractivity contribution >= 4 is 23.5 Å². The van der Waals surface area contributed by atoms with Crippen molar-refractivity contribution in [3.05, 3.63) is 35.2 Å². The molecule has 0 saturated heterocycles. The van der Waals surface area contributed by atoms with Gasteiger partial charge in [-0.3, -0.25) is 4.79 Å². The largest absolute Gasteiger partial charge is 0.454 e. The molecule has 26 heavy (non-hydrogen) atoms. The lowest BCUT2D eigenvalue weighted by Gasteiger charge is -2.10. The van der Waals surface area contributed by atoms with E-state index < -0.39 is 0 Å². The number of aromatic nitrogens is 4. The number of aryl methyl sites for hydroxylation is 2. The van der Waals surface area contributed by atoms with E-state index in [-0.39, 0.29) is 19.2 Å². The van der Waals surface area contributed by atoms with E-state index in [9.17, 15) is 4.79 Å². The van der Waals surface area contributed by atoms with Gasteiger partial charge in [0, 0.05) is 23.0 Å². The summed E-state index contributed by atoms with van der Waals surface area (Å²) in [5, 5.41) is 5.03. The summed E-state index contributed by atoms with van der Waals surface area (Å²) in [6, 6.07) is 5.03. The van der Waals surface area contributed by atoms with Crippen LogP contribution in [0.2, 0.25) is 0 Å². The first-order valence-electron chi connectivity index (χ1n) is 7.92. The van der Waals surface area contributed by atoms with Gasteiger partial charge < -0.3 is 14.2 Å². The maximum absolute atomic E-state index is 12.4. The second kappa shape index (κ2) is 6.49. The van der Waals surface area contributed by atoms with Gasteiger partial charge in [0.25, 0.3) is 5.78 Å². The number of carbonyl (C=O) groups is 1. The molecule has 9 heteroatoms. The summed E-state index contributed by atoms with van der Waals surface area (Å²) in [6.45, 7) is 3.92. The molecule has 1 aliphatic heterocycles. The van der Waals surface area contributed by atoms with Crippen molar-refractivity contribution in [2.24, 2.45) is 0 Å². The maximum Gasteiger partial charge on any atom is 0.315 e. The highest BCUT2D eigenvalue weighted by molar-refractivity contribution is 7.98. The van der Waals surface area contributed by atoms with Crippen LogP contribution < -0.4 is 14.2 Å². The Morgan fingerprint density at radius 2 is 2.08 bits per heavy atom. The highest BCUT2D eigenvalue weighted by Crippen LogP contribution is 2.35. The SMILES string of the molecule is CSc1nc2nc(C)c(CC(=O)Oc3ccc4c(c3)OCO4)c(C)n2n1. The fraction of sp³-hybridized carbons (Fsp3) is 0.294. The van der Waals surface area contributed by atoms with Gasteiger partial charge in [-0.25, -0.2) is 9.50 Å². The molecule has 3 aromatic rings. The Bertz CT molecular complexity index is 1020. The van der Waals surface area contributed by atoms with Crippen molar-refractivity contribution in [2.45, 2.75) is 25.4 Å². The quantitative estimate of drug-likeness (QED) is 0.392. The molecule has 0 N–H and O–H groups in total. The van der Waals surface area contributed by atoms with Crippen LogP contribution >= 0.6 is 11.8 Å². The van der Waals surface area contributed by atoms with Crippen molar-refractivity contribution in [1.82, 2.24) is 19.6 Å². The molecule has 0 saturated carbocycles. The van der Waals surface area contributed by atoms with E-state index in [4.69, 9.17) is 14.2 Å². The first-order chi connectivity index (χ1) is 12.5. The van der Waals surface area contributed by atoms with E-state index in [2.05, 4.69) is 15.1 Å². The molecule has 1 aromatic carbocycles. The highest BCUT2D eigenvalue weighted by atomic mass is 32.2. The number of hydrogen-bond acceptors (Lipinski definition) is 8. The van der Waals surface area contributed by atoms with Crippen LogP contribution in [-0.4, -0.2) is 38.6 Å². The molecule has 4 rings (SSSR count). The van der Waals surface area contributed by atoms with Crippen LogP contribution in [0.4, 0.5) is 0 Å². The lowest BCUT2D eigenvalue weighted by molar-refractivity contribution is -0.133. The number of nitrogens with zero attached hydrogens (tertiary/aromatic N) is 4. The van der Waals surface area contributed by atoms with Gasteiger partial charge in [0.1, 0.15) is 5.75 Å². The molecule has 0 amide bonds. The fourth-order valence-corrected chi connectivity index (χ4v) is 3.12. The zero-order valence-electron chi connectivity index (χ0n) is 14.5. The van der Waals surface area contributed by atoms with Gasteiger partial charge in [-0.1, -0.05) is 11.8 Å². The van der Waals surface area contributed by atoms with Crippen LogP contribution in [0, 0.1) is 13.8 Å². The number of rotatable bonds is 4. The van der Waals surface area contributed by atoms with Crippen LogP contribution in [0.25, 0.3) is 5.78 Å². The Balaban J connectivity index is 1.57. The molecule has 134 valence electrons. The Hall–Kier alpha value is -2.81. The normalized spacial score (nSPS) is 12.6. The molecule has 0 bridgehead atoms. The third-order valence-corrected chi connectivity index (χ3v) is 4.65. The van der Waals surface area contributed by atoms with E-state index in [1.807, 2.05) is 20.1 Å². The maximum atomic E-state index is 12.4. The fourth-order valence-electron chi connectivity index (χ4n) is 2.78. The van der Waals surface area contributed by atoms with E-state index in [1.165, 1.54) is 11.8 Å². The summed E-state index contributed by atoms with van der Waals surface area (Å²) < 4.78 is 17.6. The molecular weight excluding hydrogens is 356 g/mol. The van der Waals surface area contributed by atoms with Crippen LogP contribution in [0.1, 0.15) is 17.0 Å². The molecule has 0 fully saturated rings. The third-order valence-electron chi connectivity index (χ3n) is 4.11. The molecule has 0 unspecified atom stereocenters. The third kappa shape index (κ3) is 2.94. The van der Waals surface area contributed by atoms with Crippen LogP contribution in [0.15, 0.2) is 23.4 Å². The topological polar surface area (TPSA) is 87.8 Å².